The molecule has 0 N–H and O–H groups in total. The predicted octanol–water partition coefficient (Wildman–Crippen LogP) is 1.82. The highest BCUT2D eigenvalue weighted by Crippen LogP contribution is 2.35. The van der Waals surface area contributed by atoms with Crippen LogP contribution in [0.1, 0.15) is 13.8 Å². The second kappa shape index (κ2) is 3.33. The van der Waals surface area contributed by atoms with Gasteiger partial charge in [0, 0.05) is 16.8 Å². The second-order valence-corrected chi connectivity index (χ2v) is 5.20. The average Bonchev–Trinajstić information content (AvgIpc) is 2.13. The zero-order valence-corrected chi connectivity index (χ0v) is 10.9. The van der Waals surface area contributed by atoms with Crippen molar-refractivity contribution >= 4 is 34.3 Å². The number of fused-ring (bicyclic) bond motifs is 1. The Labute approximate surface area is 102 Å². The summed E-state index contributed by atoms with van der Waals surface area (Å²) in [4.78, 5) is 17.6. The Balaban J connectivity index is 2.55. The summed E-state index contributed by atoms with van der Waals surface area (Å²) in [7, 11) is 1.71. The Bertz CT molecular complexity index is 431. The third-order valence-electron chi connectivity index (χ3n) is 2.30. The van der Waals surface area contributed by atoms with E-state index in [0.29, 0.717) is 11.6 Å². The van der Waals surface area contributed by atoms with Crippen LogP contribution in [0.3, 0.4) is 0 Å². The van der Waals surface area contributed by atoms with E-state index in [9.17, 15) is 4.79 Å². The maximum Gasteiger partial charge on any atom is 0.271 e. The maximum absolute atomic E-state index is 11.9. The molecular formula is C10H11IN2O2. The minimum atomic E-state index is -0.812. The molecule has 1 aliphatic heterocycles. The smallest absolute Gasteiger partial charge is 0.271 e. The molecule has 0 bridgehead atoms. The number of ether oxygens (including phenoxy) is 1. The fraction of sp³-hybridized carbons (Fsp3) is 0.400. The Morgan fingerprint density at radius 2 is 2.20 bits per heavy atom. The van der Waals surface area contributed by atoms with Gasteiger partial charge in [-0.1, -0.05) is 0 Å². The van der Waals surface area contributed by atoms with E-state index in [2.05, 4.69) is 27.6 Å². The SMILES string of the molecule is CN1C(=O)C(C)(C)Oc2cc(I)cnc21. The molecule has 2 heterocycles. The standard InChI is InChI=1S/C10H11IN2O2/c1-10(2)9(14)13(3)8-7(15-10)4-6(11)5-12-8/h4-5H,1-3H3. The van der Waals surface area contributed by atoms with Crippen LogP contribution in [0.2, 0.25) is 0 Å². The zero-order valence-electron chi connectivity index (χ0n) is 8.74. The molecule has 1 amide bonds. The van der Waals surface area contributed by atoms with E-state index in [1.807, 2.05) is 6.07 Å². The quantitative estimate of drug-likeness (QED) is 0.685. The van der Waals surface area contributed by atoms with Gasteiger partial charge < -0.3 is 4.74 Å². The fourth-order valence-corrected chi connectivity index (χ4v) is 1.98. The number of carbonyl (C=O) groups excluding carboxylic acids is 1. The summed E-state index contributed by atoms with van der Waals surface area (Å²) in [6, 6.07) is 1.88. The lowest BCUT2D eigenvalue weighted by atomic mass is 10.1. The second-order valence-electron chi connectivity index (χ2n) is 3.95. The molecule has 0 spiro atoms. The van der Waals surface area contributed by atoms with Gasteiger partial charge in [-0.25, -0.2) is 4.98 Å². The number of amides is 1. The van der Waals surface area contributed by atoms with Gasteiger partial charge in [-0.05, 0) is 42.5 Å². The lowest BCUT2D eigenvalue weighted by Gasteiger charge is -2.35. The third-order valence-corrected chi connectivity index (χ3v) is 2.89. The molecular weight excluding hydrogens is 307 g/mol. The van der Waals surface area contributed by atoms with Crippen molar-refractivity contribution in [3.8, 4) is 5.75 Å². The average molecular weight is 318 g/mol. The zero-order chi connectivity index (χ0) is 11.2. The topological polar surface area (TPSA) is 42.4 Å². The van der Waals surface area contributed by atoms with Crippen molar-refractivity contribution in [2.75, 3.05) is 11.9 Å². The predicted molar refractivity (Wildman–Crippen MR) is 65.1 cm³/mol. The van der Waals surface area contributed by atoms with Crippen molar-refractivity contribution in [3.05, 3.63) is 15.8 Å². The molecule has 0 aliphatic carbocycles. The van der Waals surface area contributed by atoms with E-state index in [-0.39, 0.29) is 5.91 Å². The molecule has 0 saturated carbocycles. The van der Waals surface area contributed by atoms with Crippen molar-refractivity contribution in [1.29, 1.82) is 0 Å². The molecule has 0 aromatic carbocycles. The molecule has 1 aromatic rings. The summed E-state index contributed by atoms with van der Waals surface area (Å²) < 4.78 is 6.61. The van der Waals surface area contributed by atoms with Crippen molar-refractivity contribution in [2.45, 2.75) is 19.4 Å². The van der Waals surface area contributed by atoms with E-state index in [1.165, 1.54) is 4.90 Å². The van der Waals surface area contributed by atoms with Crippen molar-refractivity contribution in [3.63, 3.8) is 0 Å². The normalized spacial score (nSPS) is 18.4. The number of hydrogen-bond donors (Lipinski definition) is 0. The number of anilines is 1. The van der Waals surface area contributed by atoms with E-state index < -0.39 is 5.60 Å². The number of pyridine rings is 1. The lowest BCUT2D eigenvalue weighted by molar-refractivity contribution is -0.132. The van der Waals surface area contributed by atoms with Gasteiger partial charge in [0.15, 0.2) is 17.2 Å². The third kappa shape index (κ3) is 1.68. The number of carbonyl (C=O) groups is 1. The first-order chi connectivity index (χ1) is 6.92. The van der Waals surface area contributed by atoms with Crippen LogP contribution in [0, 0.1) is 3.57 Å². The van der Waals surface area contributed by atoms with Gasteiger partial charge in [0.2, 0.25) is 0 Å². The summed E-state index contributed by atoms with van der Waals surface area (Å²) in [6.07, 6.45) is 1.71. The molecule has 15 heavy (non-hydrogen) atoms. The minimum absolute atomic E-state index is 0.0799. The highest BCUT2D eigenvalue weighted by atomic mass is 127. The minimum Gasteiger partial charge on any atom is -0.474 e. The number of rotatable bonds is 0. The molecule has 0 saturated heterocycles. The van der Waals surface area contributed by atoms with Crippen molar-refractivity contribution < 1.29 is 9.53 Å². The summed E-state index contributed by atoms with van der Waals surface area (Å²) in [6.45, 7) is 3.52. The Morgan fingerprint density at radius 1 is 1.53 bits per heavy atom. The first-order valence-corrected chi connectivity index (χ1v) is 5.62. The van der Waals surface area contributed by atoms with E-state index >= 15 is 0 Å². The molecule has 5 heteroatoms. The van der Waals surface area contributed by atoms with Crippen LogP contribution in [0.15, 0.2) is 12.3 Å². The number of likely N-dealkylation sites (N-methyl/N-ethyl adjacent to an activating group) is 1. The van der Waals surface area contributed by atoms with E-state index in [1.54, 1.807) is 27.1 Å². The largest absolute Gasteiger partial charge is 0.474 e. The Kier molecular flexibility index (Phi) is 2.37. The first kappa shape index (κ1) is 10.7. The van der Waals surface area contributed by atoms with Crippen molar-refractivity contribution in [1.82, 2.24) is 4.98 Å². The summed E-state index contributed by atoms with van der Waals surface area (Å²) >= 11 is 2.16. The van der Waals surface area contributed by atoms with Crippen LogP contribution in [0.25, 0.3) is 0 Å². The van der Waals surface area contributed by atoms with Gasteiger partial charge in [-0.3, -0.25) is 9.69 Å². The molecule has 4 nitrogen and oxygen atoms in total. The number of halogens is 1. The van der Waals surface area contributed by atoms with Crippen LogP contribution in [0.4, 0.5) is 5.82 Å². The van der Waals surface area contributed by atoms with Gasteiger partial charge in [-0.15, -0.1) is 0 Å². The Morgan fingerprint density at radius 3 is 2.87 bits per heavy atom. The molecule has 0 unspecified atom stereocenters. The molecule has 80 valence electrons. The maximum atomic E-state index is 11.9. The van der Waals surface area contributed by atoms with E-state index in [4.69, 9.17) is 4.74 Å². The van der Waals surface area contributed by atoms with Gasteiger partial charge in [0.25, 0.3) is 5.91 Å². The molecule has 0 atom stereocenters. The molecule has 2 rings (SSSR count). The molecule has 0 radical (unpaired) electrons. The first-order valence-electron chi connectivity index (χ1n) is 4.54. The monoisotopic (exact) mass is 318 g/mol. The highest BCUT2D eigenvalue weighted by Gasteiger charge is 2.39. The van der Waals surface area contributed by atoms with Crippen LogP contribution in [-0.4, -0.2) is 23.5 Å². The lowest BCUT2D eigenvalue weighted by Crippen LogP contribution is -2.51. The summed E-state index contributed by atoms with van der Waals surface area (Å²) in [5, 5.41) is 0. The highest BCUT2D eigenvalue weighted by molar-refractivity contribution is 14.1. The summed E-state index contributed by atoms with van der Waals surface area (Å²) in [5.74, 6) is 1.16. The van der Waals surface area contributed by atoms with Gasteiger partial charge >= 0.3 is 0 Å². The molecule has 1 aliphatic rings. The number of hydrogen-bond acceptors (Lipinski definition) is 3. The van der Waals surface area contributed by atoms with Gasteiger partial charge in [0.05, 0.1) is 0 Å². The number of nitrogens with zero attached hydrogens (tertiary/aromatic N) is 2. The van der Waals surface area contributed by atoms with Crippen LogP contribution < -0.4 is 9.64 Å². The van der Waals surface area contributed by atoms with Gasteiger partial charge in [-0.2, -0.15) is 0 Å². The molecule has 1 aromatic heterocycles. The summed E-state index contributed by atoms with van der Waals surface area (Å²) in [5.41, 5.74) is -0.812. The van der Waals surface area contributed by atoms with Crippen LogP contribution >= 0.6 is 22.6 Å². The van der Waals surface area contributed by atoms with Crippen LogP contribution in [0.5, 0.6) is 5.75 Å². The van der Waals surface area contributed by atoms with Crippen LogP contribution in [-0.2, 0) is 4.79 Å². The van der Waals surface area contributed by atoms with E-state index in [0.717, 1.165) is 3.57 Å². The van der Waals surface area contributed by atoms with Gasteiger partial charge in [0.1, 0.15) is 0 Å². The fourth-order valence-electron chi connectivity index (χ4n) is 1.56. The molecule has 0 fully saturated rings. The Hall–Kier alpha value is -0.850. The number of aromatic nitrogens is 1. The van der Waals surface area contributed by atoms with Crippen molar-refractivity contribution in [2.24, 2.45) is 0 Å².